The van der Waals surface area contributed by atoms with Crippen molar-refractivity contribution in [1.82, 2.24) is 14.6 Å². The van der Waals surface area contributed by atoms with E-state index in [4.69, 9.17) is 0 Å². The zero-order chi connectivity index (χ0) is 18.4. The first-order chi connectivity index (χ1) is 12.5. The van der Waals surface area contributed by atoms with Gasteiger partial charge in [0.1, 0.15) is 5.56 Å². The third-order valence-electron chi connectivity index (χ3n) is 4.85. The number of hydrazone groups is 1. The summed E-state index contributed by atoms with van der Waals surface area (Å²) in [4.78, 5) is 24.3. The Balaban J connectivity index is 1.71. The Morgan fingerprint density at radius 1 is 1.08 bits per heavy atom. The summed E-state index contributed by atoms with van der Waals surface area (Å²) in [5.41, 5.74) is 3.46. The first-order valence-electron chi connectivity index (χ1n) is 8.27. The molecule has 1 aromatic heterocycles. The van der Waals surface area contributed by atoms with Gasteiger partial charge in [0.25, 0.3) is 5.56 Å². The summed E-state index contributed by atoms with van der Waals surface area (Å²) < 4.78 is 2.02. The van der Waals surface area contributed by atoms with Crippen LogP contribution in [0.4, 0.5) is 0 Å². The lowest BCUT2D eigenvalue weighted by atomic mass is 9.97. The Morgan fingerprint density at radius 3 is 2.58 bits per heavy atom. The number of aromatic nitrogens is 2. The first kappa shape index (κ1) is 16.1. The minimum Gasteiger partial charge on any atom is -0.494 e. The lowest BCUT2D eigenvalue weighted by molar-refractivity contribution is 0.410. The molecule has 0 aliphatic carbocycles. The van der Waals surface area contributed by atoms with Gasteiger partial charge in [-0.3, -0.25) is 13.9 Å². The van der Waals surface area contributed by atoms with Crippen LogP contribution in [-0.4, -0.2) is 20.0 Å². The van der Waals surface area contributed by atoms with E-state index in [0.717, 1.165) is 25.5 Å². The molecular weight excluding hydrogens is 332 g/mol. The molecule has 132 valence electrons. The molecule has 0 saturated carbocycles. The van der Waals surface area contributed by atoms with E-state index in [9.17, 15) is 14.7 Å². The van der Waals surface area contributed by atoms with Gasteiger partial charge in [0.15, 0.2) is 0 Å². The highest BCUT2D eigenvalue weighted by atomic mass is 16.3. The van der Waals surface area contributed by atoms with Crippen LogP contribution in [0.3, 0.4) is 0 Å². The highest BCUT2D eigenvalue weighted by Crippen LogP contribution is 2.28. The van der Waals surface area contributed by atoms with E-state index in [-0.39, 0.29) is 17.5 Å². The number of hydrogen-bond acceptors (Lipinski definition) is 5. The van der Waals surface area contributed by atoms with Crippen LogP contribution in [0.1, 0.15) is 23.6 Å². The fourth-order valence-electron chi connectivity index (χ4n) is 3.30. The van der Waals surface area contributed by atoms with Crippen molar-refractivity contribution in [2.75, 3.05) is 0 Å². The van der Waals surface area contributed by atoms with E-state index in [0.29, 0.717) is 12.1 Å². The molecule has 0 bridgehead atoms. The van der Waals surface area contributed by atoms with Gasteiger partial charge in [-0.1, -0.05) is 36.4 Å². The summed E-state index contributed by atoms with van der Waals surface area (Å²) >= 11 is 0. The molecule has 2 aromatic carbocycles. The number of hydrogen-bond donors (Lipinski definition) is 2. The summed E-state index contributed by atoms with van der Waals surface area (Å²) in [5.74, 6) is -0.363. The normalized spacial score (nSPS) is 16.5. The topological polar surface area (TPSA) is 88.6 Å². The Labute approximate surface area is 148 Å². The quantitative estimate of drug-likeness (QED) is 0.731. The van der Waals surface area contributed by atoms with Crippen molar-refractivity contribution in [3.63, 3.8) is 0 Å². The Kier molecular flexibility index (Phi) is 3.64. The number of nitrogens with zero attached hydrogens (tertiary/aromatic N) is 3. The van der Waals surface area contributed by atoms with Gasteiger partial charge in [0.2, 0.25) is 5.88 Å². The zero-order valence-corrected chi connectivity index (χ0v) is 14.4. The first-order valence-corrected chi connectivity index (χ1v) is 8.27. The van der Waals surface area contributed by atoms with E-state index in [1.165, 1.54) is 14.1 Å². The van der Waals surface area contributed by atoms with Gasteiger partial charge in [-0.2, -0.15) is 5.10 Å². The van der Waals surface area contributed by atoms with Gasteiger partial charge in [0, 0.05) is 20.5 Å². The van der Waals surface area contributed by atoms with Crippen molar-refractivity contribution in [2.45, 2.75) is 12.5 Å². The Bertz CT molecular complexity index is 1170. The molecule has 2 heterocycles. The highest BCUT2D eigenvalue weighted by Gasteiger charge is 2.27. The fraction of sp³-hybridized carbons (Fsp3) is 0.211. The van der Waals surface area contributed by atoms with Crippen molar-refractivity contribution in [1.29, 1.82) is 0 Å². The molecule has 7 heteroatoms. The molecule has 1 aliphatic rings. The van der Waals surface area contributed by atoms with Crippen LogP contribution in [-0.2, 0) is 14.1 Å². The highest BCUT2D eigenvalue weighted by molar-refractivity contribution is 6.03. The predicted molar refractivity (Wildman–Crippen MR) is 99.6 cm³/mol. The lowest BCUT2D eigenvalue weighted by Gasteiger charge is -2.12. The van der Waals surface area contributed by atoms with Crippen molar-refractivity contribution in [2.24, 2.45) is 19.2 Å². The zero-order valence-electron chi connectivity index (χ0n) is 14.4. The average molecular weight is 350 g/mol. The number of nitrogens with one attached hydrogen (secondary N) is 1. The number of aromatic hydroxyl groups is 1. The van der Waals surface area contributed by atoms with Crippen LogP contribution in [0.2, 0.25) is 0 Å². The maximum Gasteiger partial charge on any atom is 0.333 e. The molecule has 0 radical (unpaired) electrons. The molecule has 1 aliphatic heterocycles. The maximum atomic E-state index is 12.4. The minimum absolute atomic E-state index is 0.0605. The van der Waals surface area contributed by atoms with Crippen LogP contribution in [0.25, 0.3) is 10.8 Å². The molecular formula is C19H18N4O3. The summed E-state index contributed by atoms with van der Waals surface area (Å²) in [5, 5.41) is 16.8. The Hall–Kier alpha value is -3.35. The molecule has 2 N–H and O–H groups in total. The number of benzene rings is 2. The second kappa shape index (κ2) is 5.87. The monoisotopic (exact) mass is 350 g/mol. The van der Waals surface area contributed by atoms with E-state index in [2.05, 4.69) is 22.7 Å². The second-order valence-corrected chi connectivity index (χ2v) is 6.46. The lowest BCUT2D eigenvalue weighted by Crippen LogP contribution is -2.39. The smallest absolute Gasteiger partial charge is 0.333 e. The van der Waals surface area contributed by atoms with Gasteiger partial charge in [-0.05, 0) is 22.4 Å². The van der Waals surface area contributed by atoms with Gasteiger partial charge >= 0.3 is 5.69 Å². The van der Waals surface area contributed by atoms with Gasteiger partial charge < -0.3 is 10.5 Å². The van der Waals surface area contributed by atoms with Crippen molar-refractivity contribution in [3.8, 4) is 5.88 Å². The summed E-state index contributed by atoms with van der Waals surface area (Å²) in [6.07, 6.45) is 0.444. The van der Waals surface area contributed by atoms with E-state index < -0.39 is 11.2 Å². The van der Waals surface area contributed by atoms with Crippen LogP contribution in [0, 0.1) is 0 Å². The molecule has 4 rings (SSSR count). The van der Waals surface area contributed by atoms with Crippen molar-refractivity contribution >= 4 is 16.5 Å². The van der Waals surface area contributed by atoms with Crippen LogP contribution >= 0.6 is 0 Å². The SMILES string of the molecule is Cn1c(O)c(C2=NNC(c3ccc4ccccc4c3)C2)c(=O)n(C)c1=O. The molecule has 7 nitrogen and oxygen atoms in total. The third kappa shape index (κ3) is 2.40. The summed E-state index contributed by atoms with van der Waals surface area (Å²) in [7, 11) is 2.81. The van der Waals surface area contributed by atoms with Crippen molar-refractivity contribution in [3.05, 3.63) is 74.4 Å². The third-order valence-corrected chi connectivity index (χ3v) is 4.85. The summed E-state index contributed by atoms with van der Waals surface area (Å²) in [6, 6.07) is 14.1. The molecule has 26 heavy (non-hydrogen) atoms. The Morgan fingerprint density at radius 2 is 1.81 bits per heavy atom. The van der Waals surface area contributed by atoms with Crippen LogP contribution < -0.4 is 16.7 Å². The maximum absolute atomic E-state index is 12.4. The summed E-state index contributed by atoms with van der Waals surface area (Å²) in [6.45, 7) is 0. The predicted octanol–water partition coefficient (Wildman–Crippen LogP) is 1.38. The van der Waals surface area contributed by atoms with Crippen molar-refractivity contribution < 1.29 is 5.11 Å². The van der Waals surface area contributed by atoms with E-state index in [1.54, 1.807) is 0 Å². The number of rotatable bonds is 2. The molecule has 1 unspecified atom stereocenters. The van der Waals surface area contributed by atoms with Gasteiger partial charge in [-0.15, -0.1) is 0 Å². The van der Waals surface area contributed by atoms with Gasteiger partial charge in [0.05, 0.1) is 11.8 Å². The molecule has 3 aromatic rings. The average Bonchev–Trinajstić information content (AvgIpc) is 3.14. The van der Waals surface area contributed by atoms with E-state index >= 15 is 0 Å². The standard InChI is InChI=1S/C19H18N4O3/c1-22-17(24)16(18(25)23(2)19(22)26)15-10-14(20-21-15)13-8-7-11-5-3-4-6-12(11)9-13/h3-9,14,20,24H,10H2,1-2H3. The molecule has 0 spiro atoms. The van der Waals surface area contributed by atoms with Crippen LogP contribution in [0.15, 0.2) is 57.2 Å². The molecule has 0 saturated heterocycles. The number of fused-ring (bicyclic) bond motifs is 1. The molecule has 0 fully saturated rings. The second-order valence-electron chi connectivity index (χ2n) is 6.46. The van der Waals surface area contributed by atoms with E-state index in [1.807, 2.05) is 30.3 Å². The molecule has 1 atom stereocenters. The largest absolute Gasteiger partial charge is 0.494 e. The minimum atomic E-state index is -0.575. The molecule has 0 amide bonds. The van der Waals surface area contributed by atoms with Crippen LogP contribution in [0.5, 0.6) is 5.88 Å². The fourth-order valence-corrected chi connectivity index (χ4v) is 3.30. The van der Waals surface area contributed by atoms with Gasteiger partial charge in [-0.25, -0.2) is 4.79 Å².